The third-order valence-corrected chi connectivity index (χ3v) is 2.85. The highest BCUT2D eigenvalue weighted by atomic mass is 16.5. The van der Waals surface area contributed by atoms with Crippen molar-refractivity contribution in [2.24, 2.45) is 0 Å². The van der Waals surface area contributed by atoms with Crippen LogP contribution in [0.1, 0.15) is 33.1 Å². The molecule has 1 aromatic rings. The van der Waals surface area contributed by atoms with Crippen molar-refractivity contribution < 1.29 is 19.0 Å². The molecule has 23 heavy (non-hydrogen) atoms. The predicted octanol–water partition coefficient (Wildman–Crippen LogP) is 3.04. The fourth-order valence-electron chi connectivity index (χ4n) is 1.76. The number of para-hydroxylation sites is 1. The van der Waals surface area contributed by atoms with E-state index in [4.69, 9.17) is 9.47 Å². The van der Waals surface area contributed by atoms with Crippen molar-refractivity contribution in [3.8, 4) is 5.75 Å². The highest BCUT2D eigenvalue weighted by molar-refractivity contribution is 5.65. The molecular formula is C18H31NO4. The van der Waals surface area contributed by atoms with Crippen LogP contribution in [0.5, 0.6) is 5.75 Å². The van der Waals surface area contributed by atoms with E-state index >= 15 is 0 Å². The van der Waals surface area contributed by atoms with Crippen molar-refractivity contribution in [1.29, 1.82) is 0 Å². The summed E-state index contributed by atoms with van der Waals surface area (Å²) in [4.78, 5) is 9.82. The maximum absolute atomic E-state index is 9.82. The van der Waals surface area contributed by atoms with E-state index in [0.717, 1.165) is 5.75 Å². The maximum atomic E-state index is 9.82. The highest BCUT2D eigenvalue weighted by Crippen LogP contribution is 2.07. The first-order valence-corrected chi connectivity index (χ1v) is 8.21. The number of carbonyl (C=O) groups is 1. The van der Waals surface area contributed by atoms with Gasteiger partial charge in [-0.05, 0) is 45.0 Å². The first-order valence-electron chi connectivity index (χ1n) is 8.21. The first kappa shape index (κ1) is 21.4. The van der Waals surface area contributed by atoms with Gasteiger partial charge in [-0.2, -0.15) is 0 Å². The zero-order valence-electron chi connectivity index (χ0n) is 14.7. The normalized spacial score (nSPS) is 12.8. The second-order valence-corrected chi connectivity index (χ2v) is 4.89. The lowest BCUT2D eigenvalue weighted by atomic mass is 10.2. The van der Waals surface area contributed by atoms with Crippen LogP contribution in [0.2, 0.25) is 0 Å². The average Bonchev–Trinajstić information content (AvgIpc) is 2.59. The van der Waals surface area contributed by atoms with E-state index in [-0.39, 0.29) is 5.97 Å². The van der Waals surface area contributed by atoms with Crippen LogP contribution in [0.25, 0.3) is 0 Å². The monoisotopic (exact) mass is 325 g/mol. The predicted molar refractivity (Wildman–Crippen MR) is 92.8 cm³/mol. The second-order valence-electron chi connectivity index (χ2n) is 4.89. The second kappa shape index (κ2) is 16.8. The Hall–Kier alpha value is -1.59. The number of rotatable bonds is 5. The molecule has 132 valence electrons. The fourth-order valence-corrected chi connectivity index (χ4v) is 1.76. The van der Waals surface area contributed by atoms with E-state index in [2.05, 4.69) is 10.1 Å². The summed E-state index contributed by atoms with van der Waals surface area (Å²) in [5.74, 6) is 0.682. The summed E-state index contributed by atoms with van der Waals surface area (Å²) in [6, 6.07) is 9.71. The molecule has 1 aliphatic rings. The minimum atomic E-state index is -0.211. The van der Waals surface area contributed by atoms with Crippen molar-refractivity contribution in [2.75, 3.05) is 40.0 Å². The van der Waals surface area contributed by atoms with Crippen molar-refractivity contribution in [3.63, 3.8) is 0 Å². The van der Waals surface area contributed by atoms with Crippen LogP contribution in [-0.2, 0) is 14.3 Å². The summed E-state index contributed by atoms with van der Waals surface area (Å²) >= 11 is 0. The lowest BCUT2D eigenvalue weighted by Crippen LogP contribution is -2.21. The zero-order chi connectivity index (χ0) is 17.2. The molecule has 0 radical (unpaired) electrons. The molecule has 2 rings (SSSR count). The quantitative estimate of drug-likeness (QED) is 0.666. The number of hydrogen-bond acceptors (Lipinski definition) is 5. The van der Waals surface area contributed by atoms with E-state index in [9.17, 15) is 4.79 Å². The Balaban J connectivity index is 0.000000344. The Kier molecular flexibility index (Phi) is 15.6. The Morgan fingerprint density at radius 3 is 2.09 bits per heavy atom. The number of esters is 1. The molecule has 1 saturated heterocycles. The number of carbonyl (C=O) groups excluding carboxylic acids is 1. The van der Waals surface area contributed by atoms with Crippen LogP contribution in [0.3, 0.4) is 0 Å². The molecule has 0 spiro atoms. The zero-order valence-corrected chi connectivity index (χ0v) is 14.7. The van der Waals surface area contributed by atoms with Gasteiger partial charge in [0.1, 0.15) is 12.4 Å². The third kappa shape index (κ3) is 16.6. The van der Waals surface area contributed by atoms with Crippen molar-refractivity contribution in [2.45, 2.75) is 33.1 Å². The van der Waals surface area contributed by atoms with Gasteiger partial charge in [-0.25, -0.2) is 0 Å². The molecule has 0 unspecified atom stereocenters. The van der Waals surface area contributed by atoms with Gasteiger partial charge >= 0.3 is 5.97 Å². The van der Waals surface area contributed by atoms with Crippen molar-refractivity contribution >= 4 is 5.97 Å². The first-order chi connectivity index (χ1) is 11.2. The number of benzene rings is 1. The van der Waals surface area contributed by atoms with Gasteiger partial charge in [-0.3, -0.25) is 4.79 Å². The molecular weight excluding hydrogens is 294 g/mol. The molecule has 1 heterocycles. The number of piperidine rings is 1. The average molecular weight is 325 g/mol. The Morgan fingerprint density at radius 2 is 1.74 bits per heavy atom. The van der Waals surface area contributed by atoms with Gasteiger partial charge in [0.25, 0.3) is 0 Å². The molecule has 1 aromatic carbocycles. The molecule has 0 aliphatic carbocycles. The Bertz CT molecular complexity index is 355. The molecule has 5 nitrogen and oxygen atoms in total. The number of methoxy groups -OCH3 is 1. The molecule has 0 aromatic heterocycles. The molecule has 5 heteroatoms. The van der Waals surface area contributed by atoms with Crippen LogP contribution in [0.4, 0.5) is 0 Å². The third-order valence-electron chi connectivity index (χ3n) is 2.85. The van der Waals surface area contributed by atoms with E-state index < -0.39 is 0 Å². The molecule has 0 amide bonds. The number of hydrogen-bond donors (Lipinski definition) is 1. The summed E-state index contributed by atoms with van der Waals surface area (Å²) < 4.78 is 14.6. The summed E-state index contributed by atoms with van der Waals surface area (Å²) in [6.07, 6.45) is 4.22. The topological polar surface area (TPSA) is 56.8 Å². The standard InChI is InChI=1S/C9H12O2.C5H11N.C4H8O2/c1-10-7-8-11-9-5-3-2-4-6-9;1-2-4-6-5-3-1;1-3-6-4(2)5/h2-6H,7-8H2,1H3;6H,1-5H2;3H2,1-2H3. The van der Waals surface area contributed by atoms with E-state index in [1.807, 2.05) is 30.3 Å². The van der Waals surface area contributed by atoms with Gasteiger partial charge in [0.15, 0.2) is 0 Å². The van der Waals surface area contributed by atoms with Gasteiger partial charge in [0.2, 0.25) is 0 Å². The van der Waals surface area contributed by atoms with Crippen LogP contribution in [0, 0.1) is 0 Å². The van der Waals surface area contributed by atoms with Crippen LogP contribution in [-0.4, -0.2) is 46.0 Å². The van der Waals surface area contributed by atoms with Crippen LogP contribution < -0.4 is 10.1 Å². The summed E-state index contributed by atoms with van der Waals surface area (Å²) in [6.45, 7) is 7.40. The minimum Gasteiger partial charge on any atom is -0.491 e. The summed E-state index contributed by atoms with van der Waals surface area (Å²) in [7, 11) is 1.66. The van der Waals surface area contributed by atoms with Crippen molar-refractivity contribution in [3.05, 3.63) is 30.3 Å². The van der Waals surface area contributed by atoms with Gasteiger partial charge in [-0.15, -0.1) is 0 Å². The smallest absolute Gasteiger partial charge is 0.302 e. The van der Waals surface area contributed by atoms with Crippen LogP contribution >= 0.6 is 0 Å². The molecule has 1 N–H and O–H groups in total. The largest absolute Gasteiger partial charge is 0.491 e. The van der Waals surface area contributed by atoms with Gasteiger partial charge in [0, 0.05) is 14.0 Å². The summed E-state index contributed by atoms with van der Waals surface area (Å²) in [5.41, 5.74) is 0. The fraction of sp³-hybridized carbons (Fsp3) is 0.611. The highest BCUT2D eigenvalue weighted by Gasteiger charge is 1.93. The molecule has 0 bridgehead atoms. The Labute approximate surface area is 140 Å². The van der Waals surface area contributed by atoms with Crippen LogP contribution in [0.15, 0.2) is 30.3 Å². The molecule has 1 aliphatic heterocycles. The lowest BCUT2D eigenvalue weighted by molar-refractivity contribution is -0.140. The molecule has 0 saturated carbocycles. The lowest BCUT2D eigenvalue weighted by Gasteiger charge is -2.08. The van der Waals surface area contributed by atoms with Gasteiger partial charge < -0.3 is 19.5 Å². The molecule has 0 atom stereocenters. The number of nitrogens with one attached hydrogen (secondary N) is 1. The van der Waals surface area contributed by atoms with E-state index in [0.29, 0.717) is 19.8 Å². The van der Waals surface area contributed by atoms with E-state index in [1.54, 1.807) is 14.0 Å². The van der Waals surface area contributed by atoms with E-state index in [1.165, 1.54) is 39.3 Å². The summed E-state index contributed by atoms with van der Waals surface area (Å²) in [5, 5.41) is 3.28. The minimum absolute atomic E-state index is 0.211. The van der Waals surface area contributed by atoms with Crippen molar-refractivity contribution in [1.82, 2.24) is 5.32 Å². The van der Waals surface area contributed by atoms with Gasteiger partial charge in [-0.1, -0.05) is 24.6 Å². The molecule has 1 fully saturated rings. The van der Waals surface area contributed by atoms with Gasteiger partial charge in [0.05, 0.1) is 13.2 Å². The maximum Gasteiger partial charge on any atom is 0.302 e. The Morgan fingerprint density at radius 1 is 1.09 bits per heavy atom. The number of ether oxygens (including phenoxy) is 3. The SMILES string of the molecule is C1CCNCC1.CCOC(C)=O.COCCOc1ccccc1.